The number of carbonyl (C=O) groups excluding carboxylic acids is 2. The summed E-state index contributed by atoms with van der Waals surface area (Å²) in [7, 11) is 0. The number of anilines is 1. The fourth-order valence-electron chi connectivity index (χ4n) is 1.72. The van der Waals surface area contributed by atoms with E-state index in [0.717, 1.165) is 6.07 Å². The van der Waals surface area contributed by atoms with Crippen LogP contribution in [0.4, 0.5) is 10.1 Å². The summed E-state index contributed by atoms with van der Waals surface area (Å²) in [6.07, 6.45) is -0.676. The number of benzene rings is 1. The summed E-state index contributed by atoms with van der Waals surface area (Å²) >= 11 is 0. The van der Waals surface area contributed by atoms with Crippen molar-refractivity contribution in [2.45, 2.75) is 6.10 Å². The van der Waals surface area contributed by atoms with Gasteiger partial charge in [0.1, 0.15) is 11.9 Å². The predicted molar refractivity (Wildman–Crippen MR) is 73.4 cm³/mol. The van der Waals surface area contributed by atoms with E-state index < -0.39 is 23.7 Å². The van der Waals surface area contributed by atoms with E-state index in [1.54, 1.807) is 0 Å². The van der Waals surface area contributed by atoms with Crippen LogP contribution >= 0.6 is 12.4 Å². The fraction of sp³-hybridized carbons (Fsp3) is 0.333. The number of hydrogen-bond donors (Lipinski definition) is 3. The van der Waals surface area contributed by atoms with Gasteiger partial charge in [0.2, 0.25) is 5.91 Å². The van der Waals surface area contributed by atoms with Crippen LogP contribution in [0.1, 0.15) is 10.4 Å². The molecule has 1 atom stereocenters. The number of halogens is 2. The second kappa shape index (κ2) is 7.18. The molecule has 1 heterocycles. The molecule has 1 unspecified atom stereocenters. The number of carbonyl (C=O) groups is 2. The van der Waals surface area contributed by atoms with Gasteiger partial charge >= 0.3 is 0 Å². The molecule has 2 rings (SSSR count). The van der Waals surface area contributed by atoms with Crippen molar-refractivity contribution in [3.05, 3.63) is 29.6 Å². The normalized spacial score (nSPS) is 17.9. The Balaban J connectivity index is 0.00000200. The molecule has 1 aromatic carbocycles. The summed E-state index contributed by atoms with van der Waals surface area (Å²) in [6.45, 7) is 1.46. The van der Waals surface area contributed by atoms with Crippen molar-refractivity contribution in [3.63, 3.8) is 0 Å². The molecule has 110 valence electrons. The van der Waals surface area contributed by atoms with Crippen molar-refractivity contribution < 1.29 is 18.7 Å². The van der Waals surface area contributed by atoms with Crippen LogP contribution in [-0.2, 0) is 9.53 Å². The van der Waals surface area contributed by atoms with Gasteiger partial charge in [-0.1, -0.05) is 0 Å². The molecule has 2 amide bonds. The highest BCUT2D eigenvalue weighted by molar-refractivity contribution is 5.97. The van der Waals surface area contributed by atoms with Crippen LogP contribution < -0.4 is 16.4 Å². The molecule has 1 fully saturated rings. The molecule has 1 aliphatic heterocycles. The summed E-state index contributed by atoms with van der Waals surface area (Å²) < 4.78 is 18.8. The lowest BCUT2D eigenvalue weighted by Gasteiger charge is -2.22. The molecule has 20 heavy (non-hydrogen) atoms. The number of nitrogens with two attached hydrogens (primary N) is 1. The van der Waals surface area contributed by atoms with Gasteiger partial charge in [-0.05, 0) is 18.2 Å². The molecule has 6 nitrogen and oxygen atoms in total. The van der Waals surface area contributed by atoms with E-state index in [2.05, 4.69) is 10.6 Å². The maximum absolute atomic E-state index is 13.5. The number of hydrogen-bond acceptors (Lipinski definition) is 4. The molecule has 0 bridgehead atoms. The first kappa shape index (κ1) is 16.4. The minimum absolute atomic E-state index is 0. The maximum atomic E-state index is 13.5. The molecule has 0 radical (unpaired) electrons. The van der Waals surface area contributed by atoms with Gasteiger partial charge in [-0.3, -0.25) is 9.59 Å². The Labute approximate surface area is 121 Å². The predicted octanol–water partition coefficient (Wildman–Crippen LogP) is 0.273. The van der Waals surface area contributed by atoms with Gasteiger partial charge in [0.25, 0.3) is 5.91 Å². The number of primary amides is 1. The van der Waals surface area contributed by atoms with Gasteiger partial charge in [-0.25, -0.2) is 4.39 Å². The molecule has 4 N–H and O–H groups in total. The van der Waals surface area contributed by atoms with Gasteiger partial charge in [0.05, 0.1) is 12.3 Å². The number of nitrogens with one attached hydrogen (secondary N) is 2. The van der Waals surface area contributed by atoms with Gasteiger partial charge in [-0.2, -0.15) is 0 Å². The minimum Gasteiger partial charge on any atom is -0.366 e. The van der Waals surface area contributed by atoms with Crippen molar-refractivity contribution in [2.24, 2.45) is 5.73 Å². The third kappa shape index (κ3) is 3.89. The van der Waals surface area contributed by atoms with E-state index in [-0.39, 0.29) is 23.7 Å². The first-order chi connectivity index (χ1) is 9.08. The maximum Gasteiger partial charge on any atom is 0.254 e. The van der Waals surface area contributed by atoms with Gasteiger partial charge in [0.15, 0.2) is 0 Å². The number of ether oxygens (including phenoxy) is 1. The van der Waals surface area contributed by atoms with Crippen LogP contribution in [0.3, 0.4) is 0 Å². The molecule has 1 aromatic rings. The third-order valence-electron chi connectivity index (χ3n) is 2.73. The van der Waals surface area contributed by atoms with Crippen molar-refractivity contribution in [1.29, 1.82) is 0 Å². The van der Waals surface area contributed by atoms with Gasteiger partial charge in [-0.15, -0.1) is 12.4 Å². The minimum atomic E-state index is -0.689. The lowest BCUT2D eigenvalue weighted by atomic mass is 10.1. The highest BCUT2D eigenvalue weighted by Crippen LogP contribution is 2.16. The lowest BCUT2D eigenvalue weighted by Crippen LogP contribution is -2.45. The van der Waals surface area contributed by atoms with Crippen molar-refractivity contribution in [3.8, 4) is 0 Å². The Hall–Kier alpha value is -1.70. The molecule has 1 saturated heterocycles. The van der Waals surface area contributed by atoms with Crippen molar-refractivity contribution >= 4 is 29.9 Å². The average Bonchev–Trinajstić information content (AvgIpc) is 2.42. The van der Waals surface area contributed by atoms with E-state index >= 15 is 0 Å². The summed E-state index contributed by atoms with van der Waals surface area (Å²) in [4.78, 5) is 22.8. The van der Waals surface area contributed by atoms with Gasteiger partial charge in [0, 0.05) is 18.7 Å². The van der Waals surface area contributed by atoms with E-state index in [1.165, 1.54) is 12.1 Å². The van der Waals surface area contributed by atoms with Crippen molar-refractivity contribution in [1.82, 2.24) is 5.32 Å². The fourth-order valence-corrected chi connectivity index (χ4v) is 1.72. The van der Waals surface area contributed by atoms with Crippen molar-refractivity contribution in [2.75, 3.05) is 25.0 Å². The first-order valence-electron chi connectivity index (χ1n) is 5.80. The Morgan fingerprint density at radius 1 is 1.45 bits per heavy atom. The first-order valence-corrected chi connectivity index (χ1v) is 5.80. The number of morpholine rings is 1. The average molecular weight is 304 g/mol. The summed E-state index contributed by atoms with van der Waals surface area (Å²) in [5.41, 5.74) is 5.13. The highest BCUT2D eigenvalue weighted by Gasteiger charge is 2.22. The lowest BCUT2D eigenvalue weighted by molar-refractivity contribution is -0.128. The van der Waals surface area contributed by atoms with Crippen LogP contribution in [0.5, 0.6) is 0 Å². The van der Waals surface area contributed by atoms with Crippen LogP contribution in [0.25, 0.3) is 0 Å². The van der Waals surface area contributed by atoms with E-state index in [4.69, 9.17) is 10.5 Å². The standard InChI is InChI=1S/C12H14FN3O3.ClH/c13-8-2-1-7(11(14)17)5-9(8)16-12(18)10-6-15-3-4-19-10;/h1-2,5,10,15H,3-4,6H2,(H2,14,17)(H,16,18);1H. The topological polar surface area (TPSA) is 93.5 Å². The zero-order chi connectivity index (χ0) is 13.8. The van der Waals surface area contributed by atoms with Crippen LogP contribution in [0, 0.1) is 5.82 Å². The number of rotatable bonds is 3. The Morgan fingerprint density at radius 3 is 2.80 bits per heavy atom. The molecule has 0 saturated carbocycles. The molecule has 0 aliphatic carbocycles. The van der Waals surface area contributed by atoms with Gasteiger partial charge < -0.3 is 21.1 Å². The summed E-state index contributed by atoms with van der Waals surface area (Å²) in [6, 6.07) is 3.54. The smallest absolute Gasteiger partial charge is 0.254 e. The monoisotopic (exact) mass is 303 g/mol. The van der Waals surface area contributed by atoms with Crippen LogP contribution in [-0.4, -0.2) is 37.6 Å². The van der Waals surface area contributed by atoms with E-state index in [1.807, 2.05) is 0 Å². The summed E-state index contributed by atoms with van der Waals surface area (Å²) in [5, 5.41) is 5.38. The van der Waals surface area contributed by atoms with Crippen LogP contribution in [0.15, 0.2) is 18.2 Å². The Kier molecular flexibility index (Phi) is 5.87. The second-order valence-electron chi connectivity index (χ2n) is 4.11. The third-order valence-corrected chi connectivity index (χ3v) is 2.73. The number of amides is 2. The molecular weight excluding hydrogens is 289 g/mol. The van der Waals surface area contributed by atoms with E-state index in [9.17, 15) is 14.0 Å². The zero-order valence-corrected chi connectivity index (χ0v) is 11.3. The highest BCUT2D eigenvalue weighted by atomic mass is 35.5. The SMILES string of the molecule is Cl.NC(=O)c1ccc(F)c(NC(=O)C2CNCCO2)c1. The molecule has 1 aliphatic rings. The molecular formula is C12H15ClFN3O3. The zero-order valence-electron chi connectivity index (χ0n) is 10.5. The quantitative estimate of drug-likeness (QED) is 0.747. The largest absolute Gasteiger partial charge is 0.366 e. The molecule has 0 aromatic heterocycles. The second-order valence-corrected chi connectivity index (χ2v) is 4.11. The Bertz CT molecular complexity index is 507. The molecule has 8 heteroatoms. The molecule has 0 spiro atoms. The summed E-state index contributed by atoms with van der Waals surface area (Å²) in [5.74, 6) is -1.79. The Morgan fingerprint density at radius 2 is 2.20 bits per heavy atom. The van der Waals surface area contributed by atoms with Crippen LogP contribution in [0.2, 0.25) is 0 Å². The van der Waals surface area contributed by atoms with E-state index in [0.29, 0.717) is 19.7 Å².